The highest BCUT2D eigenvalue weighted by Crippen LogP contribution is 2.34. The van der Waals surface area contributed by atoms with Gasteiger partial charge in [-0.3, -0.25) is 9.78 Å². The number of hydrogen-bond donors (Lipinski definition) is 1. The van der Waals surface area contributed by atoms with Crippen LogP contribution in [0.15, 0.2) is 54.7 Å². The second-order valence-corrected chi connectivity index (χ2v) is 7.91. The highest BCUT2D eigenvalue weighted by atomic mass is 19.2. The maximum atomic E-state index is 14.7. The van der Waals surface area contributed by atoms with Crippen LogP contribution in [0.1, 0.15) is 10.4 Å². The molecule has 1 aliphatic rings. The van der Waals surface area contributed by atoms with Crippen molar-refractivity contribution in [2.24, 2.45) is 0 Å². The number of carbonyl (C=O) groups excluding carboxylic acids is 1. The van der Waals surface area contributed by atoms with E-state index in [1.807, 2.05) is 10.2 Å². The molecule has 5 rings (SSSR count). The highest BCUT2D eigenvalue weighted by Gasteiger charge is 2.23. The minimum absolute atomic E-state index is 0.00433. The van der Waals surface area contributed by atoms with Crippen molar-refractivity contribution < 1.29 is 31.8 Å². The Morgan fingerprint density at radius 3 is 2.56 bits per heavy atom. The van der Waals surface area contributed by atoms with Gasteiger partial charge in [0.15, 0.2) is 11.6 Å². The van der Waals surface area contributed by atoms with Gasteiger partial charge in [0, 0.05) is 30.8 Å². The Labute approximate surface area is 202 Å². The molecule has 0 radical (unpaired) electrons. The standard InChI is InChI=1S/C25H18F4N4O3/c26-15-3-1-2-14(10-15)25(34)32-20-12-17(27)24(23(29)22(20)28)36-16-4-5-18-19(11-16)31-21(13-30-18)33-6-8-35-9-7-33/h1-5,10-13H,6-9H2,(H,32,34). The Morgan fingerprint density at radius 1 is 0.972 bits per heavy atom. The molecule has 7 nitrogen and oxygen atoms in total. The topological polar surface area (TPSA) is 76.6 Å². The molecule has 1 fully saturated rings. The molecule has 1 aromatic heterocycles. The molecule has 0 saturated carbocycles. The Bertz CT molecular complexity index is 1460. The first kappa shape index (κ1) is 23.5. The number of anilines is 2. The lowest BCUT2D eigenvalue weighted by atomic mass is 10.2. The third-order valence-corrected chi connectivity index (χ3v) is 5.51. The second kappa shape index (κ2) is 9.78. The number of aromatic nitrogens is 2. The lowest BCUT2D eigenvalue weighted by Gasteiger charge is -2.27. The summed E-state index contributed by atoms with van der Waals surface area (Å²) in [6.45, 7) is 2.42. The monoisotopic (exact) mass is 498 g/mol. The molecule has 11 heteroatoms. The van der Waals surface area contributed by atoms with Gasteiger partial charge in [0.05, 0.1) is 36.1 Å². The zero-order chi connectivity index (χ0) is 25.2. The molecule has 1 aliphatic heterocycles. The van der Waals surface area contributed by atoms with Gasteiger partial charge in [-0.15, -0.1) is 0 Å². The summed E-state index contributed by atoms with van der Waals surface area (Å²) >= 11 is 0. The summed E-state index contributed by atoms with van der Waals surface area (Å²) in [5, 5.41) is 2.04. The van der Waals surface area contributed by atoms with Gasteiger partial charge in [-0.25, -0.2) is 18.2 Å². The molecule has 0 unspecified atom stereocenters. The van der Waals surface area contributed by atoms with Crippen LogP contribution >= 0.6 is 0 Å². The van der Waals surface area contributed by atoms with Crippen LogP contribution in [-0.4, -0.2) is 42.2 Å². The molecule has 1 N–H and O–H groups in total. The number of ether oxygens (including phenoxy) is 2. The van der Waals surface area contributed by atoms with Crippen molar-refractivity contribution >= 4 is 28.4 Å². The fraction of sp³-hybridized carbons (Fsp3) is 0.160. The fourth-order valence-corrected chi connectivity index (χ4v) is 3.69. The lowest BCUT2D eigenvalue weighted by Crippen LogP contribution is -2.36. The minimum Gasteiger partial charge on any atom is -0.451 e. The molecule has 4 aromatic rings. The van der Waals surface area contributed by atoms with E-state index in [2.05, 4.69) is 9.97 Å². The normalized spacial score (nSPS) is 13.6. The van der Waals surface area contributed by atoms with Crippen LogP contribution in [0, 0.1) is 23.3 Å². The first-order valence-corrected chi connectivity index (χ1v) is 10.9. The van der Waals surface area contributed by atoms with Crippen molar-refractivity contribution in [3.05, 3.63) is 83.6 Å². The van der Waals surface area contributed by atoms with Crippen molar-refractivity contribution in [1.82, 2.24) is 9.97 Å². The van der Waals surface area contributed by atoms with Gasteiger partial charge in [0.1, 0.15) is 17.4 Å². The van der Waals surface area contributed by atoms with E-state index in [1.54, 1.807) is 12.3 Å². The van der Waals surface area contributed by atoms with Crippen molar-refractivity contribution in [2.75, 3.05) is 36.5 Å². The summed E-state index contributed by atoms with van der Waals surface area (Å²) in [5.41, 5.74) is 0.0362. The Hall–Kier alpha value is -4.25. The number of halogens is 4. The first-order valence-electron chi connectivity index (χ1n) is 10.9. The number of benzene rings is 3. The summed E-state index contributed by atoms with van der Waals surface area (Å²) in [5.74, 6) is -6.44. The van der Waals surface area contributed by atoms with Crippen molar-refractivity contribution in [3.8, 4) is 11.5 Å². The van der Waals surface area contributed by atoms with Gasteiger partial charge in [0.2, 0.25) is 11.6 Å². The lowest BCUT2D eigenvalue weighted by molar-refractivity contribution is 0.102. The van der Waals surface area contributed by atoms with E-state index in [0.717, 1.165) is 12.1 Å². The number of amides is 1. The Morgan fingerprint density at radius 2 is 1.78 bits per heavy atom. The van der Waals surface area contributed by atoms with E-state index in [9.17, 15) is 22.4 Å². The molecule has 184 valence electrons. The van der Waals surface area contributed by atoms with Crippen molar-refractivity contribution in [1.29, 1.82) is 0 Å². The molecular weight excluding hydrogens is 480 g/mol. The van der Waals surface area contributed by atoms with E-state index < -0.39 is 40.6 Å². The average Bonchev–Trinajstić information content (AvgIpc) is 2.89. The molecule has 36 heavy (non-hydrogen) atoms. The predicted octanol–water partition coefficient (Wildman–Crippen LogP) is 5.07. The maximum Gasteiger partial charge on any atom is 0.255 e. The van der Waals surface area contributed by atoms with Crippen LogP contribution < -0.4 is 15.0 Å². The molecule has 0 bridgehead atoms. The minimum atomic E-state index is -1.64. The Kier molecular flexibility index (Phi) is 6.38. The van der Waals surface area contributed by atoms with Gasteiger partial charge >= 0.3 is 0 Å². The summed E-state index contributed by atoms with van der Waals surface area (Å²) in [6, 6.07) is 9.56. The molecule has 1 amide bonds. The number of morpholine rings is 1. The van der Waals surface area contributed by atoms with E-state index in [0.29, 0.717) is 49.2 Å². The van der Waals surface area contributed by atoms with Crippen LogP contribution in [0.2, 0.25) is 0 Å². The van der Waals surface area contributed by atoms with E-state index in [-0.39, 0.29) is 11.3 Å². The summed E-state index contributed by atoms with van der Waals surface area (Å²) in [7, 11) is 0. The van der Waals surface area contributed by atoms with Crippen LogP contribution in [0.4, 0.5) is 29.1 Å². The Balaban J connectivity index is 1.40. The highest BCUT2D eigenvalue weighted by molar-refractivity contribution is 6.04. The van der Waals surface area contributed by atoms with Gasteiger partial charge in [-0.2, -0.15) is 4.39 Å². The van der Waals surface area contributed by atoms with Gasteiger partial charge < -0.3 is 19.7 Å². The quantitative estimate of drug-likeness (QED) is 0.306. The molecular formula is C25H18F4N4O3. The summed E-state index contributed by atoms with van der Waals surface area (Å²) in [6.07, 6.45) is 1.62. The summed E-state index contributed by atoms with van der Waals surface area (Å²) in [4.78, 5) is 23.1. The molecule has 0 spiro atoms. The van der Waals surface area contributed by atoms with Crippen molar-refractivity contribution in [2.45, 2.75) is 0 Å². The third-order valence-electron chi connectivity index (χ3n) is 5.51. The smallest absolute Gasteiger partial charge is 0.255 e. The van der Waals surface area contributed by atoms with E-state index >= 15 is 0 Å². The maximum absolute atomic E-state index is 14.7. The number of nitrogens with one attached hydrogen (secondary N) is 1. The molecule has 3 aromatic carbocycles. The van der Waals surface area contributed by atoms with Gasteiger partial charge in [0.25, 0.3) is 5.91 Å². The largest absolute Gasteiger partial charge is 0.451 e. The summed E-state index contributed by atoms with van der Waals surface area (Å²) < 4.78 is 68.1. The van der Waals surface area contributed by atoms with Crippen LogP contribution in [0.25, 0.3) is 11.0 Å². The fourth-order valence-electron chi connectivity index (χ4n) is 3.69. The van der Waals surface area contributed by atoms with Crippen LogP contribution in [-0.2, 0) is 4.74 Å². The van der Waals surface area contributed by atoms with Gasteiger partial charge in [-0.05, 0) is 30.3 Å². The van der Waals surface area contributed by atoms with E-state index in [1.165, 1.54) is 24.3 Å². The third kappa shape index (κ3) is 4.78. The number of rotatable bonds is 5. The molecule has 0 aliphatic carbocycles. The second-order valence-electron chi connectivity index (χ2n) is 7.91. The number of fused-ring (bicyclic) bond motifs is 1. The SMILES string of the molecule is O=C(Nc1cc(F)c(Oc2ccc3ncc(N4CCOCC4)nc3c2)c(F)c1F)c1cccc(F)c1. The number of carbonyl (C=O) groups is 1. The molecule has 2 heterocycles. The number of nitrogens with zero attached hydrogens (tertiary/aromatic N) is 3. The van der Waals surface area contributed by atoms with Crippen LogP contribution in [0.3, 0.4) is 0 Å². The first-order chi connectivity index (χ1) is 17.4. The van der Waals surface area contributed by atoms with E-state index in [4.69, 9.17) is 9.47 Å². The zero-order valence-corrected chi connectivity index (χ0v) is 18.6. The molecule has 0 atom stereocenters. The average molecular weight is 498 g/mol. The van der Waals surface area contributed by atoms with Gasteiger partial charge in [-0.1, -0.05) is 6.07 Å². The van der Waals surface area contributed by atoms with Crippen LogP contribution in [0.5, 0.6) is 11.5 Å². The predicted molar refractivity (Wildman–Crippen MR) is 123 cm³/mol. The number of hydrogen-bond acceptors (Lipinski definition) is 6. The molecule has 1 saturated heterocycles. The van der Waals surface area contributed by atoms with Crippen molar-refractivity contribution in [3.63, 3.8) is 0 Å². The zero-order valence-electron chi connectivity index (χ0n) is 18.6.